The Morgan fingerprint density at radius 3 is 2.52 bits per heavy atom. The molecule has 2 amide bonds. The predicted octanol–water partition coefficient (Wildman–Crippen LogP) is 4.11. The van der Waals surface area contributed by atoms with Gasteiger partial charge in [0.25, 0.3) is 0 Å². The van der Waals surface area contributed by atoms with Crippen molar-refractivity contribution in [3.05, 3.63) is 66.4 Å². The normalized spacial score (nSPS) is 15.3. The van der Waals surface area contributed by atoms with Crippen LogP contribution in [-0.2, 0) is 15.0 Å². The van der Waals surface area contributed by atoms with E-state index in [1.807, 2.05) is 48.5 Å². The number of nitrogens with zero attached hydrogens (tertiary/aromatic N) is 1. The quantitative estimate of drug-likeness (QED) is 0.655. The summed E-state index contributed by atoms with van der Waals surface area (Å²) in [4.78, 5) is 28.7. The number of hydrogen-bond acceptors (Lipinski definition) is 5. The van der Waals surface area contributed by atoms with Crippen LogP contribution in [0.1, 0.15) is 25.3 Å². The number of hydrogen-bond donors (Lipinski definition) is 2. The van der Waals surface area contributed by atoms with Gasteiger partial charge in [0.15, 0.2) is 11.5 Å². The summed E-state index contributed by atoms with van der Waals surface area (Å²) >= 11 is 0. The van der Waals surface area contributed by atoms with Gasteiger partial charge in [-0.25, -0.2) is 4.98 Å². The van der Waals surface area contributed by atoms with Crippen LogP contribution in [0.15, 0.2) is 60.8 Å². The van der Waals surface area contributed by atoms with Gasteiger partial charge in [-0.05, 0) is 60.4 Å². The van der Waals surface area contributed by atoms with Crippen LogP contribution in [0, 0.1) is 0 Å². The minimum Gasteiger partial charge on any atom is -0.454 e. The lowest BCUT2D eigenvalue weighted by Gasteiger charge is -2.16. The first-order valence-electron chi connectivity index (χ1n) is 10.1. The van der Waals surface area contributed by atoms with Gasteiger partial charge >= 0.3 is 0 Å². The number of fused-ring (bicyclic) bond motifs is 1. The van der Waals surface area contributed by atoms with Crippen molar-refractivity contribution in [3.63, 3.8) is 0 Å². The van der Waals surface area contributed by atoms with Crippen molar-refractivity contribution in [2.45, 2.75) is 25.2 Å². The van der Waals surface area contributed by atoms with Crippen LogP contribution in [0.2, 0.25) is 0 Å². The molecule has 2 N–H and O–H groups in total. The Labute approximate surface area is 179 Å². The summed E-state index contributed by atoms with van der Waals surface area (Å²) in [6.07, 6.45) is 3.28. The van der Waals surface area contributed by atoms with E-state index >= 15 is 0 Å². The Bertz CT molecular complexity index is 1170. The number of benzene rings is 2. The number of ether oxygens (including phenoxy) is 2. The maximum Gasteiger partial charge on any atom is 0.236 e. The topological polar surface area (TPSA) is 89.6 Å². The van der Waals surface area contributed by atoms with Crippen LogP contribution in [0.4, 0.5) is 11.5 Å². The fourth-order valence-corrected chi connectivity index (χ4v) is 3.82. The average Bonchev–Trinajstić information content (AvgIpc) is 3.45. The number of nitrogens with one attached hydrogen (secondary N) is 2. The van der Waals surface area contributed by atoms with E-state index in [1.165, 1.54) is 6.92 Å². The Hall–Kier alpha value is -3.87. The summed E-state index contributed by atoms with van der Waals surface area (Å²) in [5, 5.41) is 5.72. The van der Waals surface area contributed by atoms with Gasteiger partial charge in [0.1, 0.15) is 5.82 Å². The number of amides is 2. The van der Waals surface area contributed by atoms with Gasteiger partial charge in [-0.1, -0.05) is 18.2 Å². The zero-order chi connectivity index (χ0) is 21.4. The molecule has 0 radical (unpaired) electrons. The molecule has 0 bridgehead atoms. The Balaban J connectivity index is 1.31. The lowest BCUT2D eigenvalue weighted by atomic mass is 9.94. The summed E-state index contributed by atoms with van der Waals surface area (Å²) in [6.45, 7) is 1.68. The molecule has 1 aliphatic heterocycles. The first-order chi connectivity index (χ1) is 15.0. The number of aromatic nitrogens is 1. The Morgan fingerprint density at radius 1 is 0.935 bits per heavy atom. The van der Waals surface area contributed by atoms with Gasteiger partial charge < -0.3 is 20.1 Å². The van der Waals surface area contributed by atoms with Gasteiger partial charge in [0.05, 0.1) is 5.41 Å². The van der Waals surface area contributed by atoms with E-state index in [1.54, 1.807) is 12.3 Å². The van der Waals surface area contributed by atoms with Gasteiger partial charge in [0.2, 0.25) is 18.6 Å². The summed E-state index contributed by atoms with van der Waals surface area (Å²) in [6, 6.07) is 16.9. The molecular weight excluding hydrogens is 394 g/mol. The lowest BCUT2D eigenvalue weighted by Crippen LogP contribution is -2.28. The van der Waals surface area contributed by atoms with E-state index in [2.05, 4.69) is 15.6 Å². The van der Waals surface area contributed by atoms with Crippen LogP contribution >= 0.6 is 0 Å². The van der Waals surface area contributed by atoms with Crippen LogP contribution in [-0.4, -0.2) is 23.6 Å². The fourth-order valence-electron chi connectivity index (χ4n) is 3.82. The second-order valence-electron chi connectivity index (χ2n) is 7.80. The SMILES string of the molecule is CC(=O)Nc1cccc(-c2ccc(NC(=O)C3(c4ccc5c(c4)OCO5)CC3)nc2)c1. The highest BCUT2D eigenvalue weighted by Crippen LogP contribution is 2.51. The van der Waals surface area contributed by atoms with Crippen molar-refractivity contribution in [1.29, 1.82) is 0 Å². The third-order valence-electron chi connectivity index (χ3n) is 5.63. The van der Waals surface area contributed by atoms with E-state index < -0.39 is 5.41 Å². The Kier molecular flexibility index (Phi) is 4.58. The minimum atomic E-state index is -0.548. The lowest BCUT2D eigenvalue weighted by molar-refractivity contribution is -0.118. The first-order valence-corrected chi connectivity index (χ1v) is 10.1. The minimum absolute atomic E-state index is 0.0701. The molecule has 2 heterocycles. The molecule has 1 fully saturated rings. The molecular formula is C24H21N3O4. The standard InChI is InChI=1S/C24H21N3O4/c1-15(28)26-19-4-2-3-16(11-19)17-5-8-22(25-13-17)27-23(29)24(9-10-24)18-6-7-20-21(12-18)31-14-30-20/h2-8,11-13H,9-10,14H2,1H3,(H,26,28)(H,25,27,29). The Morgan fingerprint density at radius 2 is 1.77 bits per heavy atom. The maximum absolute atomic E-state index is 13.0. The van der Waals surface area contributed by atoms with Crippen molar-refractivity contribution >= 4 is 23.3 Å². The van der Waals surface area contributed by atoms with E-state index in [9.17, 15) is 9.59 Å². The number of anilines is 2. The van der Waals surface area contributed by atoms with Crippen LogP contribution < -0.4 is 20.1 Å². The third kappa shape index (κ3) is 3.70. The summed E-state index contributed by atoms with van der Waals surface area (Å²) in [5.41, 5.74) is 2.92. The second kappa shape index (κ2) is 7.43. The first kappa shape index (κ1) is 19.1. The molecule has 2 aliphatic rings. The molecule has 1 saturated carbocycles. The highest BCUT2D eigenvalue weighted by atomic mass is 16.7. The van der Waals surface area contributed by atoms with E-state index in [0.29, 0.717) is 17.3 Å². The van der Waals surface area contributed by atoms with Crippen molar-refractivity contribution in [2.75, 3.05) is 17.4 Å². The van der Waals surface area contributed by atoms with Crippen molar-refractivity contribution < 1.29 is 19.1 Å². The van der Waals surface area contributed by atoms with Gasteiger partial charge in [-0.2, -0.15) is 0 Å². The van der Waals surface area contributed by atoms with E-state index in [-0.39, 0.29) is 18.6 Å². The molecule has 0 unspecified atom stereocenters. The number of pyridine rings is 1. The van der Waals surface area contributed by atoms with Crippen molar-refractivity contribution in [2.24, 2.45) is 0 Å². The van der Waals surface area contributed by atoms with Crippen molar-refractivity contribution in [1.82, 2.24) is 4.98 Å². The predicted molar refractivity (Wildman–Crippen MR) is 116 cm³/mol. The molecule has 1 aliphatic carbocycles. The highest BCUT2D eigenvalue weighted by molar-refractivity contribution is 6.01. The molecule has 0 saturated heterocycles. The number of carbonyl (C=O) groups excluding carboxylic acids is 2. The van der Waals surface area contributed by atoms with Gasteiger partial charge in [0, 0.05) is 24.4 Å². The zero-order valence-electron chi connectivity index (χ0n) is 17.0. The van der Waals surface area contributed by atoms with Crippen LogP contribution in [0.5, 0.6) is 11.5 Å². The van der Waals surface area contributed by atoms with Crippen LogP contribution in [0.3, 0.4) is 0 Å². The summed E-state index contributed by atoms with van der Waals surface area (Å²) < 4.78 is 10.8. The highest BCUT2D eigenvalue weighted by Gasteiger charge is 2.51. The molecule has 0 spiro atoms. The van der Waals surface area contributed by atoms with E-state index in [4.69, 9.17) is 9.47 Å². The second-order valence-corrected chi connectivity index (χ2v) is 7.80. The molecule has 7 heteroatoms. The molecule has 3 aromatic rings. The molecule has 5 rings (SSSR count). The molecule has 31 heavy (non-hydrogen) atoms. The molecule has 156 valence electrons. The van der Waals surface area contributed by atoms with E-state index in [0.717, 1.165) is 35.2 Å². The number of rotatable bonds is 5. The molecule has 2 aromatic carbocycles. The summed E-state index contributed by atoms with van der Waals surface area (Å²) in [7, 11) is 0. The maximum atomic E-state index is 13.0. The van der Waals surface area contributed by atoms with Crippen molar-refractivity contribution in [3.8, 4) is 22.6 Å². The summed E-state index contributed by atoms with van der Waals surface area (Å²) in [5.74, 6) is 1.70. The van der Waals surface area contributed by atoms with Gasteiger partial charge in [-0.15, -0.1) is 0 Å². The number of carbonyl (C=O) groups is 2. The molecule has 7 nitrogen and oxygen atoms in total. The molecule has 1 aromatic heterocycles. The third-order valence-corrected chi connectivity index (χ3v) is 5.63. The smallest absolute Gasteiger partial charge is 0.236 e. The fraction of sp³-hybridized carbons (Fsp3) is 0.208. The monoisotopic (exact) mass is 415 g/mol. The average molecular weight is 415 g/mol. The molecule has 0 atom stereocenters. The largest absolute Gasteiger partial charge is 0.454 e. The van der Waals surface area contributed by atoms with Crippen LogP contribution in [0.25, 0.3) is 11.1 Å². The van der Waals surface area contributed by atoms with Gasteiger partial charge in [-0.3, -0.25) is 9.59 Å². The zero-order valence-corrected chi connectivity index (χ0v) is 17.0.